The molecule has 1 aromatic carbocycles. The highest BCUT2D eigenvalue weighted by atomic mass is 79.9. The minimum Gasteiger partial charge on any atom is -0.456 e. The van der Waals surface area contributed by atoms with E-state index in [4.69, 9.17) is 9.94 Å². The average Bonchev–Trinajstić information content (AvgIpc) is 2.14. The SMILES string of the molecule is CC(C)(C)OC(=O)c1cc(Br)cc(/C=N/O)c1. The summed E-state index contributed by atoms with van der Waals surface area (Å²) < 4.78 is 5.96. The average molecular weight is 300 g/mol. The summed E-state index contributed by atoms with van der Waals surface area (Å²) in [6.07, 6.45) is 1.25. The van der Waals surface area contributed by atoms with Crippen molar-refractivity contribution in [3.8, 4) is 0 Å². The van der Waals surface area contributed by atoms with E-state index in [0.717, 1.165) is 4.47 Å². The van der Waals surface area contributed by atoms with E-state index >= 15 is 0 Å². The van der Waals surface area contributed by atoms with Crippen molar-refractivity contribution in [3.05, 3.63) is 33.8 Å². The van der Waals surface area contributed by atoms with Crippen LogP contribution in [0.3, 0.4) is 0 Å². The van der Waals surface area contributed by atoms with Crippen LogP contribution in [0.15, 0.2) is 27.8 Å². The van der Waals surface area contributed by atoms with E-state index in [1.807, 2.05) is 0 Å². The number of rotatable bonds is 2. The summed E-state index contributed by atoms with van der Waals surface area (Å²) in [5, 5.41) is 11.4. The zero-order valence-electron chi connectivity index (χ0n) is 9.90. The predicted octanol–water partition coefficient (Wildman–Crippen LogP) is 3.21. The van der Waals surface area contributed by atoms with Crippen LogP contribution in [0.25, 0.3) is 0 Å². The topological polar surface area (TPSA) is 58.9 Å². The van der Waals surface area contributed by atoms with Crippen LogP contribution < -0.4 is 0 Å². The maximum atomic E-state index is 11.8. The standard InChI is InChI=1S/C12H14BrNO3/c1-12(2,3)17-11(15)9-4-8(7-14-16)5-10(13)6-9/h4-7,16H,1-3H3/b14-7+. The Morgan fingerprint density at radius 1 is 1.41 bits per heavy atom. The molecule has 17 heavy (non-hydrogen) atoms. The third-order valence-corrected chi connectivity index (χ3v) is 2.22. The Balaban J connectivity index is 3.02. The number of hydrogen-bond acceptors (Lipinski definition) is 4. The molecule has 0 aromatic heterocycles. The van der Waals surface area contributed by atoms with Crippen LogP contribution in [0.5, 0.6) is 0 Å². The molecule has 1 N–H and O–H groups in total. The lowest BCUT2D eigenvalue weighted by Crippen LogP contribution is -2.24. The Morgan fingerprint density at radius 3 is 2.59 bits per heavy atom. The quantitative estimate of drug-likeness (QED) is 0.395. The number of hydrogen-bond donors (Lipinski definition) is 1. The van der Waals surface area contributed by atoms with Crippen LogP contribution in [0, 0.1) is 0 Å². The van der Waals surface area contributed by atoms with Crippen LogP contribution in [-0.2, 0) is 4.74 Å². The number of benzene rings is 1. The van der Waals surface area contributed by atoms with Gasteiger partial charge in [0, 0.05) is 4.47 Å². The van der Waals surface area contributed by atoms with E-state index in [9.17, 15) is 4.79 Å². The van der Waals surface area contributed by atoms with Gasteiger partial charge in [0.25, 0.3) is 0 Å². The monoisotopic (exact) mass is 299 g/mol. The number of esters is 1. The molecule has 0 saturated heterocycles. The van der Waals surface area contributed by atoms with Crippen molar-refractivity contribution in [3.63, 3.8) is 0 Å². The van der Waals surface area contributed by atoms with Crippen LogP contribution in [0.2, 0.25) is 0 Å². The van der Waals surface area contributed by atoms with Gasteiger partial charge in [0.05, 0.1) is 11.8 Å². The molecule has 0 fully saturated rings. The molecule has 0 aliphatic rings. The van der Waals surface area contributed by atoms with Gasteiger partial charge in [0.1, 0.15) is 5.60 Å². The number of nitrogens with zero attached hydrogens (tertiary/aromatic N) is 1. The number of carbonyl (C=O) groups is 1. The summed E-state index contributed by atoms with van der Waals surface area (Å²) in [6, 6.07) is 4.98. The highest BCUT2D eigenvalue weighted by Crippen LogP contribution is 2.18. The van der Waals surface area contributed by atoms with Crippen LogP contribution in [0.1, 0.15) is 36.7 Å². The fourth-order valence-corrected chi connectivity index (χ4v) is 1.72. The molecular formula is C12H14BrNO3. The van der Waals surface area contributed by atoms with Crippen molar-refractivity contribution in [2.75, 3.05) is 0 Å². The lowest BCUT2D eigenvalue weighted by molar-refractivity contribution is 0.00694. The summed E-state index contributed by atoms with van der Waals surface area (Å²) in [5.41, 5.74) is 0.483. The number of halogens is 1. The summed E-state index contributed by atoms with van der Waals surface area (Å²) in [7, 11) is 0. The molecule has 0 bridgehead atoms. The third kappa shape index (κ3) is 4.56. The number of oxime groups is 1. The Morgan fingerprint density at radius 2 is 2.06 bits per heavy atom. The smallest absolute Gasteiger partial charge is 0.338 e. The van der Waals surface area contributed by atoms with Crippen LogP contribution in [-0.4, -0.2) is 23.0 Å². The van der Waals surface area contributed by atoms with Gasteiger partial charge in [-0.25, -0.2) is 4.79 Å². The minimum absolute atomic E-state index is 0.407. The molecule has 0 saturated carbocycles. The first-order valence-corrected chi connectivity index (χ1v) is 5.82. The summed E-state index contributed by atoms with van der Waals surface area (Å²) in [6.45, 7) is 5.41. The van der Waals surface area contributed by atoms with Gasteiger partial charge in [-0.15, -0.1) is 0 Å². The summed E-state index contributed by atoms with van der Waals surface area (Å²) >= 11 is 3.28. The van der Waals surface area contributed by atoms with E-state index in [1.54, 1.807) is 39.0 Å². The van der Waals surface area contributed by atoms with Gasteiger partial charge in [0.2, 0.25) is 0 Å². The third-order valence-electron chi connectivity index (χ3n) is 1.76. The van der Waals surface area contributed by atoms with E-state index in [1.165, 1.54) is 6.21 Å². The van der Waals surface area contributed by atoms with E-state index in [2.05, 4.69) is 21.1 Å². The Labute approximate surface area is 108 Å². The normalized spacial score (nSPS) is 11.8. The second-order valence-electron chi connectivity index (χ2n) is 4.52. The first-order chi connectivity index (χ1) is 7.81. The second kappa shape index (κ2) is 5.31. The van der Waals surface area contributed by atoms with Crippen molar-refractivity contribution in [2.45, 2.75) is 26.4 Å². The second-order valence-corrected chi connectivity index (χ2v) is 5.44. The first kappa shape index (κ1) is 13.7. The van der Waals surface area contributed by atoms with Crippen LogP contribution in [0.4, 0.5) is 0 Å². The van der Waals surface area contributed by atoms with Gasteiger partial charge in [-0.1, -0.05) is 21.1 Å². The molecule has 0 spiro atoms. The van der Waals surface area contributed by atoms with Gasteiger partial charge in [-0.05, 0) is 44.5 Å². The van der Waals surface area contributed by atoms with Gasteiger partial charge in [-0.3, -0.25) is 0 Å². The molecule has 4 nitrogen and oxygen atoms in total. The lowest BCUT2D eigenvalue weighted by atomic mass is 10.1. The summed E-state index contributed by atoms with van der Waals surface area (Å²) in [4.78, 5) is 11.8. The van der Waals surface area contributed by atoms with E-state index in [-0.39, 0.29) is 0 Å². The Hall–Kier alpha value is -1.36. The fourth-order valence-electron chi connectivity index (χ4n) is 1.21. The lowest BCUT2D eigenvalue weighted by Gasteiger charge is -2.19. The van der Waals surface area contributed by atoms with Gasteiger partial charge < -0.3 is 9.94 Å². The molecule has 1 aromatic rings. The molecule has 0 heterocycles. The van der Waals surface area contributed by atoms with Crippen molar-refractivity contribution < 1.29 is 14.7 Å². The van der Waals surface area contributed by atoms with Crippen molar-refractivity contribution >= 4 is 28.1 Å². The Bertz CT molecular complexity index is 450. The molecule has 0 radical (unpaired) electrons. The molecule has 0 aliphatic heterocycles. The number of carbonyl (C=O) groups excluding carboxylic acids is 1. The molecule has 5 heteroatoms. The predicted molar refractivity (Wildman–Crippen MR) is 68.7 cm³/mol. The molecule has 92 valence electrons. The van der Waals surface area contributed by atoms with Gasteiger partial charge in [-0.2, -0.15) is 0 Å². The molecule has 0 atom stereocenters. The van der Waals surface area contributed by atoms with Gasteiger partial charge >= 0.3 is 5.97 Å². The van der Waals surface area contributed by atoms with Gasteiger partial charge in [0.15, 0.2) is 0 Å². The van der Waals surface area contributed by atoms with Crippen molar-refractivity contribution in [1.29, 1.82) is 0 Å². The highest BCUT2D eigenvalue weighted by molar-refractivity contribution is 9.10. The number of ether oxygens (including phenoxy) is 1. The van der Waals surface area contributed by atoms with E-state index < -0.39 is 11.6 Å². The zero-order chi connectivity index (χ0) is 13.1. The fraction of sp³-hybridized carbons (Fsp3) is 0.333. The molecule has 1 rings (SSSR count). The highest BCUT2D eigenvalue weighted by Gasteiger charge is 2.18. The van der Waals surface area contributed by atoms with Crippen LogP contribution >= 0.6 is 15.9 Å². The molecular weight excluding hydrogens is 286 g/mol. The molecule has 0 unspecified atom stereocenters. The first-order valence-electron chi connectivity index (χ1n) is 5.03. The minimum atomic E-state index is -0.537. The van der Waals surface area contributed by atoms with E-state index in [0.29, 0.717) is 11.1 Å². The zero-order valence-corrected chi connectivity index (χ0v) is 11.5. The maximum Gasteiger partial charge on any atom is 0.338 e. The maximum absolute atomic E-state index is 11.8. The Kier molecular flexibility index (Phi) is 4.28. The summed E-state index contributed by atoms with van der Waals surface area (Å²) in [5.74, 6) is -0.411. The molecule has 0 amide bonds. The van der Waals surface area contributed by atoms with Crippen molar-refractivity contribution in [2.24, 2.45) is 5.16 Å². The largest absolute Gasteiger partial charge is 0.456 e. The molecule has 0 aliphatic carbocycles. The van der Waals surface area contributed by atoms with Crippen molar-refractivity contribution in [1.82, 2.24) is 0 Å².